The minimum Gasteiger partial charge on any atom is -2.00 e. The quantitative estimate of drug-likeness (QED) is 0.567. The molecule has 0 aromatic heterocycles. The fourth-order valence-electron chi connectivity index (χ4n) is 1.05. The van der Waals surface area contributed by atoms with Crippen molar-refractivity contribution in [2.24, 2.45) is 0 Å². The SMILES string of the molecule is C=CC1=CCCCC1.[O-2].[O-2].[Ti+4]. The van der Waals surface area contributed by atoms with Gasteiger partial charge >= 0.3 is 21.7 Å². The minimum atomic E-state index is 0. The minimum absolute atomic E-state index is 0. The van der Waals surface area contributed by atoms with Crippen molar-refractivity contribution in [3.05, 3.63) is 24.3 Å². The maximum absolute atomic E-state index is 3.72. The second-order valence-electron chi connectivity index (χ2n) is 2.23. The van der Waals surface area contributed by atoms with E-state index in [0.717, 1.165) is 0 Å². The molecule has 0 heterocycles. The molecule has 1 rings (SSSR count). The van der Waals surface area contributed by atoms with Crippen molar-refractivity contribution in [2.75, 3.05) is 0 Å². The summed E-state index contributed by atoms with van der Waals surface area (Å²) in [6, 6.07) is 0. The van der Waals surface area contributed by atoms with E-state index in [9.17, 15) is 0 Å². The van der Waals surface area contributed by atoms with Crippen LogP contribution in [0.1, 0.15) is 25.7 Å². The summed E-state index contributed by atoms with van der Waals surface area (Å²) in [4.78, 5) is 0. The topological polar surface area (TPSA) is 57.0 Å². The van der Waals surface area contributed by atoms with Crippen LogP contribution >= 0.6 is 0 Å². The van der Waals surface area contributed by atoms with E-state index in [-0.39, 0.29) is 32.7 Å². The van der Waals surface area contributed by atoms with Gasteiger partial charge in [0.1, 0.15) is 0 Å². The monoisotopic (exact) mass is 188 g/mol. The molecule has 0 unspecified atom stereocenters. The molecule has 0 atom stereocenters. The van der Waals surface area contributed by atoms with Gasteiger partial charge in [0.15, 0.2) is 0 Å². The maximum atomic E-state index is 3.72. The van der Waals surface area contributed by atoms with E-state index in [1.54, 1.807) is 0 Å². The van der Waals surface area contributed by atoms with Gasteiger partial charge in [-0.3, -0.25) is 0 Å². The summed E-state index contributed by atoms with van der Waals surface area (Å²) < 4.78 is 0. The van der Waals surface area contributed by atoms with E-state index in [0.29, 0.717) is 0 Å². The van der Waals surface area contributed by atoms with Crippen LogP contribution in [0.4, 0.5) is 0 Å². The molecule has 0 radical (unpaired) electrons. The van der Waals surface area contributed by atoms with Crippen molar-refractivity contribution in [1.82, 2.24) is 0 Å². The van der Waals surface area contributed by atoms with Gasteiger partial charge < -0.3 is 11.0 Å². The Bertz CT molecular complexity index is 121. The van der Waals surface area contributed by atoms with Gasteiger partial charge in [-0.15, -0.1) is 0 Å². The Morgan fingerprint density at radius 1 is 1.27 bits per heavy atom. The average molecular weight is 188 g/mol. The van der Waals surface area contributed by atoms with Gasteiger partial charge in [-0.25, -0.2) is 0 Å². The van der Waals surface area contributed by atoms with Gasteiger partial charge in [0.2, 0.25) is 0 Å². The molecule has 3 heteroatoms. The van der Waals surface area contributed by atoms with Gasteiger partial charge in [-0.05, 0) is 25.7 Å². The Kier molecular flexibility index (Phi) is 15.9. The Hall–Kier alpha value is 0.114. The zero-order chi connectivity index (χ0) is 5.82. The molecule has 0 saturated heterocycles. The van der Waals surface area contributed by atoms with Crippen LogP contribution in [-0.4, -0.2) is 0 Å². The fourth-order valence-corrected chi connectivity index (χ4v) is 1.05. The average Bonchev–Trinajstić information content (AvgIpc) is 1.90. The van der Waals surface area contributed by atoms with Gasteiger partial charge in [0, 0.05) is 0 Å². The van der Waals surface area contributed by atoms with Gasteiger partial charge in [-0.2, -0.15) is 0 Å². The summed E-state index contributed by atoms with van der Waals surface area (Å²) in [5, 5.41) is 0. The largest absolute Gasteiger partial charge is 4.00 e. The normalized spacial score (nSPS) is 14.4. The Balaban J connectivity index is -0.000000213. The molecule has 0 aromatic carbocycles. The molecule has 1 aliphatic rings. The fraction of sp³-hybridized carbons (Fsp3) is 0.500. The molecule has 0 spiro atoms. The van der Waals surface area contributed by atoms with Crippen LogP contribution in [0.5, 0.6) is 0 Å². The zero-order valence-corrected chi connectivity index (χ0v) is 8.07. The maximum Gasteiger partial charge on any atom is 4.00 e. The molecule has 0 aromatic rings. The van der Waals surface area contributed by atoms with Crippen LogP contribution in [0.15, 0.2) is 24.3 Å². The molecular weight excluding hydrogens is 176 g/mol. The Morgan fingerprint density at radius 2 is 1.91 bits per heavy atom. The van der Waals surface area contributed by atoms with E-state index in [1.165, 1.54) is 31.3 Å². The predicted octanol–water partition coefficient (Wildman–Crippen LogP) is 2.43. The van der Waals surface area contributed by atoms with Crippen molar-refractivity contribution < 1.29 is 32.7 Å². The molecule has 11 heavy (non-hydrogen) atoms. The molecule has 60 valence electrons. The molecule has 0 aliphatic heterocycles. The second kappa shape index (κ2) is 10.1. The first-order valence-electron chi connectivity index (χ1n) is 3.25. The molecule has 0 amide bonds. The van der Waals surface area contributed by atoms with Crippen molar-refractivity contribution >= 4 is 0 Å². The number of hydrogen-bond donors (Lipinski definition) is 0. The molecule has 0 N–H and O–H groups in total. The summed E-state index contributed by atoms with van der Waals surface area (Å²) in [6.07, 6.45) is 9.51. The van der Waals surface area contributed by atoms with Crippen LogP contribution in [0.2, 0.25) is 0 Å². The molecule has 0 bridgehead atoms. The van der Waals surface area contributed by atoms with E-state index >= 15 is 0 Å². The van der Waals surface area contributed by atoms with E-state index in [1.807, 2.05) is 6.08 Å². The molecular formula is C8H12O2Ti. The third-order valence-electron chi connectivity index (χ3n) is 1.59. The van der Waals surface area contributed by atoms with Gasteiger partial charge in [0.25, 0.3) is 0 Å². The summed E-state index contributed by atoms with van der Waals surface area (Å²) >= 11 is 0. The molecule has 1 aliphatic carbocycles. The summed E-state index contributed by atoms with van der Waals surface area (Å²) in [5.74, 6) is 0. The standard InChI is InChI=1S/C8H12.2O.Ti/c1-2-8-6-4-3-5-7-8;;;/h2,6H,1,3-5,7H2;;;/q;2*-2;+4. The van der Waals surface area contributed by atoms with Crippen molar-refractivity contribution in [1.29, 1.82) is 0 Å². The molecule has 0 fully saturated rings. The van der Waals surface area contributed by atoms with Gasteiger partial charge in [-0.1, -0.05) is 24.3 Å². The van der Waals surface area contributed by atoms with Crippen LogP contribution in [0.3, 0.4) is 0 Å². The molecule has 0 saturated carbocycles. The smallest absolute Gasteiger partial charge is 2.00 e. The van der Waals surface area contributed by atoms with Crippen molar-refractivity contribution in [2.45, 2.75) is 25.7 Å². The Labute approximate surface area is 82.9 Å². The van der Waals surface area contributed by atoms with Crippen LogP contribution in [0.25, 0.3) is 0 Å². The third kappa shape index (κ3) is 6.51. The first-order chi connectivity index (χ1) is 3.93. The third-order valence-corrected chi connectivity index (χ3v) is 1.59. The van der Waals surface area contributed by atoms with Crippen LogP contribution in [-0.2, 0) is 32.7 Å². The molecule has 2 nitrogen and oxygen atoms in total. The van der Waals surface area contributed by atoms with E-state index in [4.69, 9.17) is 0 Å². The van der Waals surface area contributed by atoms with Crippen molar-refractivity contribution in [3.63, 3.8) is 0 Å². The summed E-state index contributed by atoms with van der Waals surface area (Å²) in [7, 11) is 0. The summed E-state index contributed by atoms with van der Waals surface area (Å²) in [5.41, 5.74) is 1.44. The first-order valence-corrected chi connectivity index (χ1v) is 3.25. The van der Waals surface area contributed by atoms with Crippen molar-refractivity contribution in [3.8, 4) is 0 Å². The van der Waals surface area contributed by atoms with Crippen LogP contribution in [0, 0.1) is 0 Å². The number of hydrogen-bond acceptors (Lipinski definition) is 0. The number of rotatable bonds is 1. The van der Waals surface area contributed by atoms with Gasteiger partial charge in [0.05, 0.1) is 0 Å². The van der Waals surface area contributed by atoms with E-state index < -0.39 is 0 Å². The van der Waals surface area contributed by atoms with E-state index in [2.05, 4.69) is 12.7 Å². The summed E-state index contributed by atoms with van der Waals surface area (Å²) in [6.45, 7) is 3.72. The Morgan fingerprint density at radius 3 is 2.18 bits per heavy atom. The zero-order valence-electron chi connectivity index (χ0n) is 6.51. The number of allylic oxidation sites excluding steroid dienone is 3. The van der Waals surface area contributed by atoms with Crippen LogP contribution < -0.4 is 0 Å². The predicted molar refractivity (Wildman–Crippen MR) is 38.1 cm³/mol. The second-order valence-corrected chi connectivity index (χ2v) is 2.23. The first kappa shape index (κ1) is 17.3.